The number of imidazole rings is 2. The minimum Gasteiger partial charge on any atom is -0.340 e. The zero-order valence-electron chi connectivity index (χ0n) is 33.8. The average Bonchev–Trinajstić information content (AvgIpc) is 4.03. The first-order valence-electron chi connectivity index (χ1n) is 19.9. The number of aromatic nitrogens is 5. The summed E-state index contributed by atoms with van der Waals surface area (Å²) in [6.45, 7) is 5.39. The molecule has 3 aromatic heterocycles. The second kappa shape index (κ2) is 17.5. The number of nitrogens with zero attached hydrogens (tertiary/aromatic N) is 7. The summed E-state index contributed by atoms with van der Waals surface area (Å²) in [5.74, 6) is 1.72. The van der Waals surface area contributed by atoms with Crippen LogP contribution in [0, 0.1) is 0 Å². The summed E-state index contributed by atoms with van der Waals surface area (Å²) in [6.07, 6.45) is 8.07. The normalized spacial score (nSPS) is 15.9. The number of rotatable bonds is 14. The van der Waals surface area contributed by atoms with Crippen LogP contribution in [-0.2, 0) is 9.59 Å². The number of likely N-dealkylation sites (tertiary alicyclic amines) is 1. The van der Waals surface area contributed by atoms with E-state index in [1.165, 1.54) is 0 Å². The molecule has 1 saturated heterocycles. The van der Waals surface area contributed by atoms with Crippen molar-refractivity contribution in [2.24, 2.45) is 0 Å². The zero-order chi connectivity index (χ0) is 40.1. The summed E-state index contributed by atoms with van der Waals surface area (Å²) >= 11 is 0. The van der Waals surface area contributed by atoms with Gasteiger partial charge in [-0.25, -0.2) is 9.97 Å². The smallest absolute Gasteiger partial charge is 0.245 e. The van der Waals surface area contributed by atoms with Crippen molar-refractivity contribution >= 4 is 11.8 Å². The monoisotopic (exact) mass is 763 g/mol. The van der Waals surface area contributed by atoms with Crippen molar-refractivity contribution in [3.63, 3.8) is 0 Å². The molecule has 4 atom stereocenters. The van der Waals surface area contributed by atoms with Crippen molar-refractivity contribution in [2.45, 2.75) is 57.3 Å². The molecule has 2 N–H and O–H groups in total. The summed E-state index contributed by atoms with van der Waals surface area (Å²) < 4.78 is 0. The molecule has 1 aliphatic heterocycles. The lowest BCUT2D eigenvalue weighted by molar-refractivity contribution is -0.139. The van der Waals surface area contributed by atoms with E-state index < -0.39 is 0 Å². The van der Waals surface area contributed by atoms with Crippen LogP contribution in [0.25, 0.3) is 33.8 Å². The minimum atomic E-state index is -0.386. The van der Waals surface area contributed by atoms with Crippen LogP contribution in [0.15, 0.2) is 116 Å². The van der Waals surface area contributed by atoms with Crippen LogP contribution in [0.3, 0.4) is 0 Å². The molecule has 0 radical (unpaired) electrons. The molecule has 0 aliphatic carbocycles. The van der Waals surface area contributed by atoms with Crippen molar-refractivity contribution in [1.82, 2.24) is 44.5 Å². The van der Waals surface area contributed by atoms with E-state index >= 15 is 0 Å². The molecule has 57 heavy (non-hydrogen) atoms. The highest BCUT2D eigenvalue weighted by molar-refractivity contribution is 5.84. The zero-order valence-corrected chi connectivity index (χ0v) is 33.8. The predicted molar refractivity (Wildman–Crippen MR) is 225 cm³/mol. The Morgan fingerprint density at radius 3 is 1.89 bits per heavy atom. The number of hydrogen-bond donors (Lipinski definition) is 2. The van der Waals surface area contributed by atoms with Gasteiger partial charge in [0, 0.05) is 30.4 Å². The number of carbonyl (C=O) groups is 2. The van der Waals surface area contributed by atoms with E-state index in [4.69, 9.17) is 15.0 Å². The molecule has 11 heteroatoms. The van der Waals surface area contributed by atoms with E-state index in [1.807, 2.05) is 146 Å². The molecule has 1 aliphatic rings. The van der Waals surface area contributed by atoms with Gasteiger partial charge in [0.1, 0.15) is 23.7 Å². The van der Waals surface area contributed by atoms with Crippen molar-refractivity contribution in [3.05, 3.63) is 138 Å². The second-order valence-electron chi connectivity index (χ2n) is 15.2. The maximum absolute atomic E-state index is 14.0. The Balaban J connectivity index is 1.02. The molecule has 1 fully saturated rings. The summed E-state index contributed by atoms with van der Waals surface area (Å²) in [7, 11) is 7.80. The van der Waals surface area contributed by atoms with Crippen LogP contribution in [0.1, 0.15) is 80.1 Å². The highest BCUT2D eigenvalue weighted by Crippen LogP contribution is 2.36. The quantitative estimate of drug-likeness (QED) is 0.115. The molecule has 294 valence electrons. The third-order valence-electron chi connectivity index (χ3n) is 11.0. The molecule has 11 nitrogen and oxygen atoms in total. The van der Waals surface area contributed by atoms with E-state index in [9.17, 15) is 9.59 Å². The van der Waals surface area contributed by atoms with Gasteiger partial charge in [-0.3, -0.25) is 24.4 Å². The van der Waals surface area contributed by atoms with Gasteiger partial charge in [0.15, 0.2) is 0 Å². The number of benzene rings is 3. The fourth-order valence-electron chi connectivity index (χ4n) is 8.16. The number of amides is 2. The number of likely N-dealkylation sites (N-methyl/N-ethyl adjacent to an activating group) is 3. The fraction of sp³-hybridized carbons (Fsp3) is 0.326. The number of aromatic amines is 2. The van der Waals surface area contributed by atoms with Gasteiger partial charge in [-0.05, 0) is 83.2 Å². The van der Waals surface area contributed by atoms with Crippen LogP contribution in [0.4, 0.5) is 0 Å². The van der Waals surface area contributed by atoms with E-state index in [-0.39, 0.29) is 36.0 Å². The van der Waals surface area contributed by atoms with Gasteiger partial charge < -0.3 is 19.8 Å². The van der Waals surface area contributed by atoms with E-state index in [2.05, 4.69) is 41.2 Å². The average molecular weight is 764 g/mol. The second-order valence-corrected chi connectivity index (χ2v) is 15.2. The Kier molecular flexibility index (Phi) is 12.1. The fourth-order valence-corrected chi connectivity index (χ4v) is 8.16. The third kappa shape index (κ3) is 8.31. The van der Waals surface area contributed by atoms with Gasteiger partial charge >= 0.3 is 0 Å². The van der Waals surface area contributed by atoms with E-state index in [0.29, 0.717) is 13.1 Å². The van der Waals surface area contributed by atoms with Crippen molar-refractivity contribution in [3.8, 4) is 33.8 Å². The lowest BCUT2D eigenvalue weighted by Crippen LogP contribution is -2.42. The van der Waals surface area contributed by atoms with Crippen LogP contribution in [0.5, 0.6) is 0 Å². The molecule has 7 rings (SSSR count). The summed E-state index contributed by atoms with van der Waals surface area (Å²) in [6, 6.07) is 31.2. The summed E-state index contributed by atoms with van der Waals surface area (Å²) in [5, 5.41) is 0. The van der Waals surface area contributed by atoms with E-state index in [0.717, 1.165) is 75.8 Å². The molecule has 6 aromatic rings. The van der Waals surface area contributed by atoms with Gasteiger partial charge in [-0.2, -0.15) is 0 Å². The minimum absolute atomic E-state index is 0.0547. The topological polar surface area (TPSA) is 117 Å². The first-order valence-corrected chi connectivity index (χ1v) is 19.9. The van der Waals surface area contributed by atoms with Crippen LogP contribution in [0.2, 0.25) is 0 Å². The SMILES string of the molecule is CC[C@@H](c1ncc(-c2ccc(-c3ccc(-c4cnc([C@@H]5CCCN5C(=O)[C@@H](c5ccccc5)N(C)C)[nH]4)cn3)cc2)[nH]1)N(CC)C(=O)[C@@H](c1ccccc1)N(C)C. The maximum Gasteiger partial charge on any atom is 0.245 e. The summed E-state index contributed by atoms with van der Waals surface area (Å²) in [4.78, 5) is 57.2. The van der Waals surface area contributed by atoms with Crippen molar-refractivity contribution in [2.75, 3.05) is 41.3 Å². The number of nitrogens with one attached hydrogen (secondary N) is 2. The first kappa shape index (κ1) is 39.3. The van der Waals surface area contributed by atoms with Gasteiger partial charge in [0.05, 0.1) is 41.6 Å². The molecular weight excluding hydrogens is 711 g/mol. The maximum atomic E-state index is 14.0. The number of H-pyrrole nitrogens is 2. The lowest BCUT2D eigenvalue weighted by Gasteiger charge is -2.34. The van der Waals surface area contributed by atoms with Gasteiger partial charge in [-0.15, -0.1) is 0 Å². The third-order valence-corrected chi connectivity index (χ3v) is 11.0. The van der Waals surface area contributed by atoms with Crippen LogP contribution >= 0.6 is 0 Å². The lowest BCUT2D eigenvalue weighted by atomic mass is 10.0. The van der Waals surface area contributed by atoms with Gasteiger partial charge in [0.2, 0.25) is 11.8 Å². The Morgan fingerprint density at radius 2 is 1.30 bits per heavy atom. The number of hydrogen-bond acceptors (Lipinski definition) is 7. The number of carbonyl (C=O) groups excluding carboxylic acids is 2. The molecular formula is C46H53N9O2. The molecule has 4 heterocycles. The molecule has 0 saturated carbocycles. The first-order chi connectivity index (χ1) is 27.7. The predicted octanol–water partition coefficient (Wildman–Crippen LogP) is 8.10. The molecule has 0 unspecified atom stereocenters. The Bertz CT molecular complexity index is 2230. The highest BCUT2D eigenvalue weighted by Gasteiger charge is 2.37. The molecule has 0 spiro atoms. The Morgan fingerprint density at radius 1 is 0.702 bits per heavy atom. The Labute approximate surface area is 335 Å². The molecule has 2 amide bonds. The van der Waals surface area contributed by atoms with Gasteiger partial charge in [-0.1, -0.05) is 91.9 Å². The summed E-state index contributed by atoms with van der Waals surface area (Å²) in [5.41, 5.74) is 7.50. The number of pyridine rings is 1. The standard InChI is InChI=1S/C46H53N9O2/c1-7-39(54(8-2)45(56)41(52(3)4)33-16-11-9-12-17-33)43-48-29-37(50-43)32-23-21-31(22-24-32)36-26-25-35(28-47-36)38-30-49-44(51-38)40-20-15-27-55(40)46(57)42(53(5)6)34-18-13-10-14-19-34/h9-14,16-19,21-26,28-30,39-42H,7-8,15,20,27H2,1-6H3,(H,48,50)(H,49,51)/t39-,40-,41+,42+/m0/s1. The van der Waals surface area contributed by atoms with E-state index in [1.54, 1.807) is 0 Å². The van der Waals surface area contributed by atoms with Crippen LogP contribution in [-0.4, -0.2) is 97.6 Å². The van der Waals surface area contributed by atoms with Crippen LogP contribution < -0.4 is 0 Å². The van der Waals surface area contributed by atoms with Gasteiger partial charge in [0.25, 0.3) is 0 Å². The van der Waals surface area contributed by atoms with Crippen molar-refractivity contribution in [1.29, 1.82) is 0 Å². The largest absolute Gasteiger partial charge is 0.340 e. The molecule has 3 aromatic carbocycles. The van der Waals surface area contributed by atoms with Crippen molar-refractivity contribution < 1.29 is 9.59 Å². The highest BCUT2D eigenvalue weighted by atomic mass is 16.2. The molecule has 0 bridgehead atoms. The Hall–Kier alpha value is -5.91.